The molecule has 2 rings (SSSR count). The third-order valence-electron chi connectivity index (χ3n) is 3.31. The van der Waals surface area contributed by atoms with Gasteiger partial charge in [0.2, 0.25) is 0 Å². The zero-order valence-electron chi connectivity index (χ0n) is 11.6. The highest BCUT2D eigenvalue weighted by atomic mass is 15.2. The number of hydrogen-bond acceptors (Lipinski definition) is 2. The minimum absolute atomic E-state index is 0.454. The number of hydrogen-bond donors (Lipinski definition) is 1. The van der Waals surface area contributed by atoms with Gasteiger partial charge in [-0.05, 0) is 45.2 Å². The summed E-state index contributed by atoms with van der Waals surface area (Å²) in [6.45, 7) is 8.88. The van der Waals surface area contributed by atoms with Crippen molar-refractivity contribution in [2.75, 3.05) is 10.6 Å². The molecule has 2 heteroatoms. The van der Waals surface area contributed by atoms with E-state index in [2.05, 4.69) is 56.9 Å². The van der Waals surface area contributed by atoms with Crippen LogP contribution in [0.25, 0.3) is 10.8 Å². The number of benzene rings is 2. The Morgan fingerprint density at radius 3 is 2.00 bits per heavy atom. The molecule has 0 atom stereocenters. The van der Waals surface area contributed by atoms with E-state index < -0.39 is 0 Å². The molecule has 2 N–H and O–H groups in total. The number of nitrogen functional groups attached to an aromatic ring is 1. The first-order valence-electron chi connectivity index (χ1n) is 6.58. The summed E-state index contributed by atoms with van der Waals surface area (Å²) < 4.78 is 0. The maximum atomic E-state index is 6.17. The average Bonchev–Trinajstić information content (AvgIpc) is 2.28. The summed E-state index contributed by atoms with van der Waals surface area (Å²) in [5.41, 5.74) is 8.26. The monoisotopic (exact) mass is 242 g/mol. The van der Waals surface area contributed by atoms with Crippen LogP contribution in [0.5, 0.6) is 0 Å². The molecular formula is C16H22N2. The summed E-state index contributed by atoms with van der Waals surface area (Å²) >= 11 is 0. The maximum Gasteiger partial charge on any atom is 0.0471 e. The van der Waals surface area contributed by atoms with Crippen LogP contribution in [0.3, 0.4) is 0 Å². The second-order valence-electron chi connectivity index (χ2n) is 5.32. The topological polar surface area (TPSA) is 29.3 Å². The Hall–Kier alpha value is -1.70. The van der Waals surface area contributed by atoms with Crippen LogP contribution in [-0.2, 0) is 0 Å². The number of rotatable bonds is 3. The average molecular weight is 242 g/mol. The fourth-order valence-corrected chi connectivity index (χ4v) is 2.72. The Labute approximate surface area is 109 Å². The van der Waals surface area contributed by atoms with Gasteiger partial charge < -0.3 is 10.6 Å². The maximum absolute atomic E-state index is 6.17. The molecule has 0 saturated carbocycles. The molecule has 0 heterocycles. The molecule has 2 nitrogen and oxygen atoms in total. The zero-order chi connectivity index (χ0) is 13.3. The van der Waals surface area contributed by atoms with Gasteiger partial charge in [0, 0.05) is 28.8 Å². The molecule has 0 aliphatic rings. The number of nitrogens with two attached hydrogens (primary N) is 1. The Bertz CT molecular complexity index is 531. The summed E-state index contributed by atoms with van der Waals surface area (Å²) in [7, 11) is 0. The van der Waals surface area contributed by atoms with E-state index in [4.69, 9.17) is 5.73 Å². The molecule has 0 amide bonds. The van der Waals surface area contributed by atoms with Crippen molar-refractivity contribution in [1.29, 1.82) is 0 Å². The molecule has 18 heavy (non-hydrogen) atoms. The van der Waals surface area contributed by atoms with Crippen LogP contribution in [0.15, 0.2) is 36.4 Å². The predicted molar refractivity (Wildman–Crippen MR) is 81.1 cm³/mol. The van der Waals surface area contributed by atoms with E-state index in [1.807, 2.05) is 12.1 Å². The van der Waals surface area contributed by atoms with Crippen LogP contribution in [0, 0.1) is 0 Å². The van der Waals surface area contributed by atoms with Gasteiger partial charge in [-0.3, -0.25) is 0 Å². The zero-order valence-corrected chi connectivity index (χ0v) is 11.6. The quantitative estimate of drug-likeness (QED) is 0.823. The van der Waals surface area contributed by atoms with Gasteiger partial charge in [-0.25, -0.2) is 0 Å². The van der Waals surface area contributed by atoms with Gasteiger partial charge in [0.15, 0.2) is 0 Å². The van der Waals surface area contributed by atoms with Crippen LogP contribution < -0.4 is 10.6 Å². The van der Waals surface area contributed by atoms with Crippen LogP contribution in [0.2, 0.25) is 0 Å². The molecule has 2 aromatic carbocycles. The van der Waals surface area contributed by atoms with E-state index in [-0.39, 0.29) is 0 Å². The van der Waals surface area contributed by atoms with Gasteiger partial charge in [0.05, 0.1) is 0 Å². The molecule has 0 aromatic heterocycles. The largest absolute Gasteiger partial charge is 0.398 e. The lowest BCUT2D eigenvalue weighted by atomic mass is 10.0. The Morgan fingerprint density at radius 2 is 1.44 bits per heavy atom. The molecule has 2 aromatic rings. The summed E-state index contributed by atoms with van der Waals surface area (Å²) in [4.78, 5) is 2.42. The minimum atomic E-state index is 0.454. The predicted octanol–water partition coefficient (Wildman–Crippen LogP) is 4.05. The van der Waals surface area contributed by atoms with Crippen LogP contribution in [-0.4, -0.2) is 12.1 Å². The Morgan fingerprint density at radius 1 is 0.889 bits per heavy atom. The first-order chi connectivity index (χ1) is 8.52. The van der Waals surface area contributed by atoms with Crippen LogP contribution in [0.1, 0.15) is 27.7 Å². The molecule has 0 aliphatic heterocycles. The van der Waals surface area contributed by atoms with Crippen molar-refractivity contribution in [2.45, 2.75) is 39.8 Å². The highest BCUT2D eigenvalue weighted by Crippen LogP contribution is 2.33. The van der Waals surface area contributed by atoms with Gasteiger partial charge >= 0.3 is 0 Å². The lowest BCUT2D eigenvalue weighted by Gasteiger charge is -2.34. The summed E-state index contributed by atoms with van der Waals surface area (Å²) in [5.74, 6) is 0. The smallest absolute Gasteiger partial charge is 0.0471 e. The first-order valence-corrected chi connectivity index (χ1v) is 6.58. The van der Waals surface area contributed by atoms with Crippen molar-refractivity contribution in [3.05, 3.63) is 36.4 Å². The van der Waals surface area contributed by atoms with Crippen molar-refractivity contribution >= 4 is 22.1 Å². The van der Waals surface area contributed by atoms with Crippen LogP contribution >= 0.6 is 0 Å². The molecule has 0 saturated heterocycles. The number of nitrogens with zero attached hydrogens (tertiary/aromatic N) is 1. The molecule has 0 spiro atoms. The van der Waals surface area contributed by atoms with Crippen molar-refractivity contribution in [2.24, 2.45) is 0 Å². The fraction of sp³-hybridized carbons (Fsp3) is 0.375. The van der Waals surface area contributed by atoms with E-state index in [0.29, 0.717) is 12.1 Å². The van der Waals surface area contributed by atoms with E-state index >= 15 is 0 Å². The fourth-order valence-electron chi connectivity index (χ4n) is 2.72. The third-order valence-corrected chi connectivity index (χ3v) is 3.31. The Kier molecular flexibility index (Phi) is 3.46. The van der Waals surface area contributed by atoms with Crippen molar-refractivity contribution in [1.82, 2.24) is 0 Å². The van der Waals surface area contributed by atoms with Crippen molar-refractivity contribution in [3.8, 4) is 0 Å². The van der Waals surface area contributed by atoms with E-state index in [1.54, 1.807) is 0 Å². The first kappa shape index (κ1) is 12.7. The second kappa shape index (κ2) is 4.89. The molecule has 0 bridgehead atoms. The number of anilines is 2. The van der Waals surface area contributed by atoms with Crippen molar-refractivity contribution in [3.63, 3.8) is 0 Å². The third kappa shape index (κ3) is 2.15. The van der Waals surface area contributed by atoms with Gasteiger partial charge in [-0.1, -0.05) is 24.3 Å². The van der Waals surface area contributed by atoms with Crippen molar-refractivity contribution < 1.29 is 0 Å². The standard InChI is InChI=1S/C16H22N2/c1-11(2)18(12(3)4)15-10-6-8-13-7-5-9-14(17)16(13)15/h5-12H,17H2,1-4H3. The van der Waals surface area contributed by atoms with Gasteiger partial charge in [-0.15, -0.1) is 0 Å². The lowest BCUT2D eigenvalue weighted by molar-refractivity contribution is 0.610. The molecule has 96 valence electrons. The lowest BCUT2D eigenvalue weighted by Crippen LogP contribution is -2.37. The van der Waals surface area contributed by atoms with Gasteiger partial charge in [0.1, 0.15) is 0 Å². The molecule has 0 fully saturated rings. The van der Waals surface area contributed by atoms with Crippen LogP contribution in [0.4, 0.5) is 11.4 Å². The van der Waals surface area contributed by atoms with Gasteiger partial charge in [0.25, 0.3) is 0 Å². The molecule has 0 unspecified atom stereocenters. The molecule has 0 radical (unpaired) electrons. The summed E-state index contributed by atoms with van der Waals surface area (Å²) in [5, 5.41) is 2.38. The van der Waals surface area contributed by atoms with E-state index in [9.17, 15) is 0 Å². The molecule has 0 aliphatic carbocycles. The SMILES string of the molecule is CC(C)N(c1cccc2cccc(N)c12)C(C)C. The summed E-state index contributed by atoms with van der Waals surface area (Å²) in [6, 6.07) is 13.4. The summed E-state index contributed by atoms with van der Waals surface area (Å²) in [6.07, 6.45) is 0. The second-order valence-corrected chi connectivity index (χ2v) is 5.32. The minimum Gasteiger partial charge on any atom is -0.398 e. The molecular weight excluding hydrogens is 220 g/mol. The Balaban J connectivity index is 2.70. The van der Waals surface area contributed by atoms with Gasteiger partial charge in [-0.2, -0.15) is 0 Å². The highest BCUT2D eigenvalue weighted by Gasteiger charge is 2.17. The highest BCUT2D eigenvalue weighted by molar-refractivity contribution is 6.02. The van der Waals surface area contributed by atoms with E-state index in [1.165, 1.54) is 16.5 Å². The van der Waals surface area contributed by atoms with E-state index in [0.717, 1.165) is 5.69 Å². The number of fused-ring (bicyclic) bond motifs is 1. The normalized spacial score (nSPS) is 11.4.